The molecule has 0 saturated carbocycles. The summed E-state index contributed by atoms with van der Waals surface area (Å²) in [7, 11) is 0. The second-order valence-electron chi connectivity index (χ2n) is 5.63. The zero-order valence-electron chi connectivity index (χ0n) is 15.1. The van der Waals surface area contributed by atoms with E-state index in [1.807, 2.05) is 12.1 Å². The second kappa shape index (κ2) is 9.73. The number of nitrogens with one attached hydrogen (secondary N) is 2. The minimum absolute atomic E-state index is 0.104. The quantitative estimate of drug-likeness (QED) is 0.583. The third-order valence-corrected chi connectivity index (χ3v) is 4.29. The molecule has 5 nitrogen and oxygen atoms in total. The third-order valence-electron chi connectivity index (χ3n) is 3.96. The molecule has 0 aromatic heterocycles. The number of halogens is 2. The van der Waals surface area contributed by atoms with Gasteiger partial charge in [-0.3, -0.25) is 20.4 Å². The molecule has 2 amide bonds. The van der Waals surface area contributed by atoms with Gasteiger partial charge in [-0.15, -0.1) is 0 Å². The fraction of sp³-hybridized carbons (Fsp3) is 0.200. The van der Waals surface area contributed by atoms with E-state index in [1.165, 1.54) is 24.3 Å². The van der Waals surface area contributed by atoms with Crippen molar-refractivity contribution in [1.82, 2.24) is 10.9 Å². The lowest BCUT2D eigenvalue weighted by molar-refractivity contribution is -0.117. The van der Waals surface area contributed by atoms with Crippen LogP contribution in [0.3, 0.4) is 0 Å². The molecule has 0 aliphatic heterocycles. The van der Waals surface area contributed by atoms with E-state index in [-0.39, 0.29) is 10.6 Å². The SMILES string of the molecule is CCN(CC)c1ccc(C(=O)NNC(=O)/C=C/c2c(F)cccc2Cl)cc1. The number of amides is 2. The van der Waals surface area contributed by atoms with Crippen LogP contribution in [-0.4, -0.2) is 24.9 Å². The number of carbonyl (C=O) groups is 2. The largest absolute Gasteiger partial charge is 0.372 e. The molecule has 142 valence electrons. The molecular formula is C20H21ClFN3O2. The van der Waals surface area contributed by atoms with Crippen molar-refractivity contribution >= 4 is 35.2 Å². The molecule has 27 heavy (non-hydrogen) atoms. The summed E-state index contributed by atoms with van der Waals surface area (Å²) in [6.45, 7) is 5.86. The first kappa shape index (κ1) is 20.5. The van der Waals surface area contributed by atoms with Gasteiger partial charge in [-0.05, 0) is 56.3 Å². The zero-order valence-corrected chi connectivity index (χ0v) is 15.9. The molecule has 2 aromatic carbocycles. The van der Waals surface area contributed by atoms with Gasteiger partial charge < -0.3 is 4.90 Å². The molecule has 0 aliphatic rings. The van der Waals surface area contributed by atoms with E-state index < -0.39 is 17.6 Å². The Labute approximate surface area is 162 Å². The predicted octanol–water partition coefficient (Wildman–Crippen LogP) is 3.80. The normalized spacial score (nSPS) is 10.7. The Morgan fingerprint density at radius 1 is 1.07 bits per heavy atom. The van der Waals surface area contributed by atoms with Gasteiger partial charge in [-0.2, -0.15) is 0 Å². The van der Waals surface area contributed by atoms with Gasteiger partial charge >= 0.3 is 0 Å². The first-order valence-corrected chi connectivity index (χ1v) is 8.91. The molecule has 0 spiro atoms. The molecule has 0 unspecified atom stereocenters. The first-order valence-electron chi connectivity index (χ1n) is 8.53. The van der Waals surface area contributed by atoms with Crippen LogP contribution < -0.4 is 15.8 Å². The van der Waals surface area contributed by atoms with Crippen LogP contribution in [0, 0.1) is 5.82 Å². The van der Waals surface area contributed by atoms with E-state index in [4.69, 9.17) is 11.6 Å². The van der Waals surface area contributed by atoms with E-state index in [9.17, 15) is 14.0 Å². The zero-order chi connectivity index (χ0) is 19.8. The Hall–Kier alpha value is -2.86. The van der Waals surface area contributed by atoms with Gasteiger partial charge in [-0.1, -0.05) is 17.7 Å². The maximum Gasteiger partial charge on any atom is 0.269 e. The van der Waals surface area contributed by atoms with Crippen LogP contribution in [0.4, 0.5) is 10.1 Å². The Kier molecular flexibility index (Phi) is 7.37. The van der Waals surface area contributed by atoms with Crippen LogP contribution in [0.2, 0.25) is 5.02 Å². The summed E-state index contributed by atoms with van der Waals surface area (Å²) in [6.07, 6.45) is 2.34. The van der Waals surface area contributed by atoms with Crippen LogP contribution in [0.1, 0.15) is 29.8 Å². The van der Waals surface area contributed by atoms with Crippen LogP contribution >= 0.6 is 11.6 Å². The number of nitrogens with zero attached hydrogens (tertiary/aromatic N) is 1. The highest BCUT2D eigenvalue weighted by Crippen LogP contribution is 2.20. The van der Waals surface area contributed by atoms with Crippen molar-refractivity contribution in [3.63, 3.8) is 0 Å². The van der Waals surface area contributed by atoms with E-state index in [1.54, 1.807) is 12.1 Å². The standard InChI is InChI=1S/C20H21ClFN3O2/c1-3-25(4-2)15-10-8-14(9-11-15)20(27)24-23-19(26)13-12-16-17(21)6-5-7-18(16)22/h5-13H,3-4H2,1-2H3,(H,23,26)(H,24,27)/b13-12+. The number of hydrogen-bond acceptors (Lipinski definition) is 3. The maximum absolute atomic E-state index is 13.6. The number of hydrogen-bond donors (Lipinski definition) is 2. The summed E-state index contributed by atoms with van der Waals surface area (Å²) < 4.78 is 13.6. The van der Waals surface area contributed by atoms with Gasteiger partial charge in [0.2, 0.25) is 0 Å². The van der Waals surface area contributed by atoms with Crippen molar-refractivity contribution in [2.45, 2.75) is 13.8 Å². The molecule has 0 radical (unpaired) electrons. The van der Waals surface area contributed by atoms with E-state index in [0.717, 1.165) is 24.9 Å². The summed E-state index contributed by atoms with van der Waals surface area (Å²) >= 11 is 5.88. The number of hydrazine groups is 1. The van der Waals surface area contributed by atoms with Gasteiger partial charge in [0, 0.05) is 36.0 Å². The Bertz CT molecular complexity index is 813. The fourth-order valence-corrected chi connectivity index (χ4v) is 2.70. The lowest BCUT2D eigenvalue weighted by atomic mass is 10.2. The molecule has 0 aliphatic carbocycles. The highest BCUT2D eigenvalue weighted by atomic mass is 35.5. The van der Waals surface area contributed by atoms with Gasteiger partial charge in [0.25, 0.3) is 11.8 Å². The Balaban J connectivity index is 1.93. The summed E-state index contributed by atoms with van der Waals surface area (Å²) in [4.78, 5) is 26.1. The van der Waals surface area contributed by atoms with E-state index >= 15 is 0 Å². The molecule has 0 atom stereocenters. The maximum atomic E-state index is 13.6. The molecular weight excluding hydrogens is 369 g/mol. The van der Waals surface area contributed by atoms with E-state index in [0.29, 0.717) is 5.56 Å². The van der Waals surface area contributed by atoms with Crippen molar-refractivity contribution in [3.8, 4) is 0 Å². The summed E-state index contributed by atoms with van der Waals surface area (Å²) in [5.41, 5.74) is 6.09. The van der Waals surface area contributed by atoms with Gasteiger partial charge in [0.15, 0.2) is 0 Å². The molecule has 0 bridgehead atoms. The Morgan fingerprint density at radius 2 is 1.74 bits per heavy atom. The second-order valence-corrected chi connectivity index (χ2v) is 6.04. The van der Waals surface area contributed by atoms with Crippen LogP contribution in [0.15, 0.2) is 48.5 Å². The lowest BCUT2D eigenvalue weighted by Gasteiger charge is -2.21. The number of carbonyl (C=O) groups excluding carboxylic acids is 2. The van der Waals surface area contributed by atoms with Crippen molar-refractivity contribution in [1.29, 1.82) is 0 Å². The number of anilines is 1. The summed E-state index contributed by atoms with van der Waals surface area (Å²) in [5.74, 6) is -1.60. The Morgan fingerprint density at radius 3 is 2.33 bits per heavy atom. The molecule has 0 saturated heterocycles. The lowest BCUT2D eigenvalue weighted by Crippen LogP contribution is -2.40. The monoisotopic (exact) mass is 389 g/mol. The summed E-state index contributed by atoms with van der Waals surface area (Å²) in [5, 5.41) is 0.191. The molecule has 2 N–H and O–H groups in total. The molecule has 7 heteroatoms. The smallest absolute Gasteiger partial charge is 0.269 e. The van der Waals surface area contributed by atoms with Crippen LogP contribution in [0.25, 0.3) is 6.08 Å². The molecule has 0 fully saturated rings. The highest BCUT2D eigenvalue weighted by molar-refractivity contribution is 6.32. The van der Waals surface area contributed by atoms with Crippen molar-refractivity contribution < 1.29 is 14.0 Å². The van der Waals surface area contributed by atoms with Crippen molar-refractivity contribution in [2.75, 3.05) is 18.0 Å². The van der Waals surface area contributed by atoms with Crippen LogP contribution in [-0.2, 0) is 4.79 Å². The fourth-order valence-electron chi connectivity index (χ4n) is 2.47. The van der Waals surface area contributed by atoms with Crippen molar-refractivity contribution in [3.05, 3.63) is 70.5 Å². The average molecular weight is 390 g/mol. The van der Waals surface area contributed by atoms with Gasteiger partial charge in [0.1, 0.15) is 5.82 Å². The molecule has 2 rings (SSSR count). The average Bonchev–Trinajstić information content (AvgIpc) is 2.67. The molecule has 2 aromatic rings. The van der Waals surface area contributed by atoms with Gasteiger partial charge in [-0.25, -0.2) is 4.39 Å². The number of benzene rings is 2. The molecule has 0 heterocycles. The van der Waals surface area contributed by atoms with Gasteiger partial charge in [0.05, 0.1) is 5.02 Å². The summed E-state index contributed by atoms with van der Waals surface area (Å²) in [6, 6.07) is 11.3. The topological polar surface area (TPSA) is 61.4 Å². The first-order chi connectivity index (χ1) is 13.0. The van der Waals surface area contributed by atoms with Crippen molar-refractivity contribution in [2.24, 2.45) is 0 Å². The third kappa shape index (κ3) is 5.56. The van der Waals surface area contributed by atoms with Crippen LogP contribution in [0.5, 0.6) is 0 Å². The number of rotatable bonds is 6. The predicted molar refractivity (Wildman–Crippen MR) is 106 cm³/mol. The van der Waals surface area contributed by atoms with E-state index in [2.05, 4.69) is 29.6 Å². The minimum atomic E-state index is -0.609. The minimum Gasteiger partial charge on any atom is -0.372 e. The highest BCUT2D eigenvalue weighted by Gasteiger charge is 2.08.